The second kappa shape index (κ2) is 9.10. The summed E-state index contributed by atoms with van der Waals surface area (Å²) in [7, 11) is -3.49. The number of aliphatic hydroxyl groups excluding tert-OH is 1. The van der Waals surface area contributed by atoms with Gasteiger partial charge in [0.1, 0.15) is 0 Å². The van der Waals surface area contributed by atoms with Gasteiger partial charge in [-0.15, -0.1) is 0 Å². The number of nitrogens with one attached hydrogen (secondary N) is 1. The third kappa shape index (κ3) is 6.39. The molecule has 3 atom stereocenters. The van der Waals surface area contributed by atoms with Crippen molar-refractivity contribution in [2.45, 2.75) is 25.2 Å². The molecule has 0 saturated heterocycles. The van der Waals surface area contributed by atoms with Gasteiger partial charge in [-0.25, -0.2) is 4.79 Å². The van der Waals surface area contributed by atoms with E-state index in [2.05, 4.69) is 5.32 Å². The molecule has 0 aliphatic carbocycles. The van der Waals surface area contributed by atoms with Gasteiger partial charge >= 0.3 is 5.97 Å². The van der Waals surface area contributed by atoms with Gasteiger partial charge in [-0.1, -0.05) is 42.5 Å². The zero-order chi connectivity index (χ0) is 19.2. The van der Waals surface area contributed by atoms with Crippen LogP contribution in [0.4, 0.5) is 0 Å². The summed E-state index contributed by atoms with van der Waals surface area (Å²) < 4.78 is 12.3. The lowest BCUT2D eigenvalue weighted by molar-refractivity contribution is 0.0696. The van der Waals surface area contributed by atoms with E-state index in [1.165, 1.54) is 6.07 Å². The Morgan fingerprint density at radius 2 is 1.85 bits per heavy atom. The summed E-state index contributed by atoms with van der Waals surface area (Å²) in [5.41, 5.74) is 1.73. The molecule has 0 heterocycles. The highest BCUT2D eigenvalue weighted by atomic mass is 31.2. The smallest absolute Gasteiger partial charge is 0.335 e. The van der Waals surface area contributed by atoms with Crippen LogP contribution in [-0.4, -0.2) is 39.9 Å². The molecule has 1 unspecified atom stereocenters. The Bertz CT molecular complexity index is 781. The Kier molecular flexibility index (Phi) is 7.12. The van der Waals surface area contributed by atoms with E-state index in [9.17, 15) is 19.4 Å². The van der Waals surface area contributed by atoms with E-state index in [0.29, 0.717) is 0 Å². The maximum atomic E-state index is 12.3. The second-order valence-electron chi connectivity index (χ2n) is 6.39. The van der Waals surface area contributed by atoms with Gasteiger partial charge in [0.05, 0.1) is 17.8 Å². The van der Waals surface area contributed by atoms with E-state index in [1.54, 1.807) is 42.5 Å². The Morgan fingerprint density at radius 3 is 2.50 bits per heavy atom. The van der Waals surface area contributed by atoms with Crippen molar-refractivity contribution in [1.29, 1.82) is 0 Å². The summed E-state index contributed by atoms with van der Waals surface area (Å²) >= 11 is 0. The zero-order valence-electron chi connectivity index (χ0n) is 14.6. The van der Waals surface area contributed by atoms with Gasteiger partial charge in [0.25, 0.3) is 0 Å². The molecule has 6 nitrogen and oxygen atoms in total. The lowest BCUT2D eigenvalue weighted by Crippen LogP contribution is -2.31. The third-order valence-electron chi connectivity index (χ3n) is 4.06. The average molecular weight is 377 g/mol. The summed E-state index contributed by atoms with van der Waals surface area (Å²) in [4.78, 5) is 21.1. The summed E-state index contributed by atoms with van der Waals surface area (Å²) in [5.74, 6) is -0.999. The first-order chi connectivity index (χ1) is 12.3. The minimum Gasteiger partial charge on any atom is -0.478 e. The number of rotatable bonds is 9. The molecule has 2 aromatic carbocycles. The Morgan fingerprint density at radius 1 is 1.15 bits per heavy atom. The van der Waals surface area contributed by atoms with Gasteiger partial charge in [0, 0.05) is 18.7 Å². The number of carboxylic acids is 1. The topological polar surface area (TPSA) is 107 Å². The van der Waals surface area contributed by atoms with Crippen molar-refractivity contribution in [2.75, 3.05) is 12.7 Å². The first-order valence-electron chi connectivity index (χ1n) is 8.36. The number of hydrogen-bond donors (Lipinski definition) is 4. The number of carboxylic acid groups (broad SMARTS) is 1. The van der Waals surface area contributed by atoms with Crippen LogP contribution in [0.5, 0.6) is 0 Å². The van der Waals surface area contributed by atoms with Gasteiger partial charge in [0.15, 0.2) is 0 Å². The Hall–Kier alpha value is -1.98. The minimum atomic E-state index is -3.49. The number of carbonyl (C=O) groups is 1. The Labute approximate surface area is 153 Å². The van der Waals surface area contributed by atoms with E-state index in [1.807, 2.05) is 13.0 Å². The predicted molar refractivity (Wildman–Crippen MR) is 101 cm³/mol. The highest BCUT2D eigenvalue weighted by Gasteiger charge is 2.23. The quantitative estimate of drug-likeness (QED) is 0.501. The van der Waals surface area contributed by atoms with Crippen LogP contribution in [0.25, 0.3) is 0 Å². The summed E-state index contributed by atoms with van der Waals surface area (Å²) in [6.45, 7) is 1.98. The molecule has 0 radical (unpaired) electrons. The van der Waals surface area contributed by atoms with E-state index in [4.69, 9.17) is 5.11 Å². The fraction of sp³-hybridized carbons (Fsp3) is 0.316. The van der Waals surface area contributed by atoms with Crippen LogP contribution >= 0.6 is 7.37 Å². The van der Waals surface area contributed by atoms with Gasteiger partial charge in [-0.05, 0) is 30.2 Å². The summed E-state index contributed by atoms with van der Waals surface area (Å²) in [6.07, 6.45) is -1.14. The molecular weight excluding hydrogens is 353 g/mol. The molecule has 0 saturated carbocycles. The van der Waals surface area contributed by atoms with Crippen molar-refractivity contribution < 1.29 is 24.5 Å². The first kappa shape index (κ1) is 20.3. The maximum absolute atomic E-state index is 12.3. The Balaban J connectivity index is 1.87. The molecule has 0 bridgehead atoms. The molecule has 0 amide bonds. The molecule has 0 aliphatic rings. The lowest BCUT2D eigenvalue weighted by atomic mass is 10.1. The van der Waals surface area contributed by atoms with E-state index >= 15 is 0 Å². The zero-order valence-corrected chi connectivity index (χ0v) is 15.5. The minimum absolute atomic E-state index is 0.0289. The van der Waals surface area contributed by atoms with Crippen LogP contribution in [-0.2, 0) is 10.7 Å². The number of aliphatic hydroxyl groups is 1. The standard InChI is InChI=1S/C19H24NO5P/c1-14(16-8-5-9-17(10-16)19(22)23)20-11-18(21)13-26(24,25)12-15-6-3-2-4-7-15/h2-10,14,18,20-21H,11-13H2,1H3,(H,22,23)(H,24,25)/t14-,18-/m1/s1. The van der Waals surface area contributed by atoms with Crippen LogP contribution in [0.1, 0.15) is 34.5 Å². The van der Waals surface area contributed by atoms with Crippen molar-refractivity contribution in [2.24, 2.45) is 0 Å². The molecule has 26 heavy (non-hydrogen) atoms. The highest BCUT2D eigenvalue weighted by Crippen LogP contribution is 2.44. The predicted octanol–water partition coefficient (Wildman–Crippen LogP) is 2.87. The molecule has 0 fully saturated rings. The van der Waals surface area contributed by atoms with Crippen molar-refractivity contribution in [3.8, 4) is 0 Å². The van der Waals surface area contributed by atoms with Crippen molar-refractivity contribution in [1.82, 2.24) is 5.32 Å². The van der Waals surface area contributed by atoms with Gasteiger partial charge < -0.3 is 20.4 Å². The molecule has 140 valence electrons. The fourth-order valence-electron chi connectivity index (χ4n) is 2.70. The molecule has 0 spiro atoms. The second-order valence-corrected chi connectivity index (χ2v) is 8.76. The molecule has 0 aliphatic heterocycles. The number of hydrogen-bond acceptors (Lipinski definition) is 4. The molecule has 4 N–H and O–H groups in total. The van der Waals surface area contributed by atoms with Crippen molar-refractivity contribution in [3.63, 3.8) is 0 Å². The number of benzene rings is 2. The van der Waals surface area contributed by atoms with Crippen LogP contribution in [0.2, 0.25) is 0 Å². The van der Waals surface area contributed by atoms with Crippen LogP contribution in [0, 0.1) is 0 Å². The SMILES string of the molecule is C[C@@H](NC[C@@H](O)CP(=O)(O)Cc1ccccc1)c1cccc(C(=O)O)c1. The van der Waals surface area contributed by atoms with Gasteiger partial charge in [-0.3, -0.25) is 4.57 Å². The average Bonchev–Trinajstić information content (AvgIpc) is 2.59. The monoisotopic (exact) mass is 377 g/mol. The molecular formula is C19H24NO5P. The largest absolute Gasteiger partial charge is 0.478 e. The summed E-state index contributed by atoms with van der Waals surface area (Å²) in [5, 5.41) is 22.2. The van der Waals surface area contributed by atoms with Crippen LogP contribution < -0.4 is 5.32 Å². The van der Waals surface area contributed by atoms with Crippen LogP contribution in [0.3, 0.4) is 0 Å². The molecule has 2 rings (SSSR count). The normalized spacial score (nSPS) is 15.8. The van der Waals surface area contributed by atoms with E-state index in [0.717, 1.165) is 11.1 Å². The lowest BCUT2D eigenvalue weighted by Gasteiger charge is -2.20. The number of aromatic carboxylic acids is 1. The maximum Gasteiger partial charge on any atom is 0.335 e. The highest BCUT2D eigenvalue weighted by molar-refractivity contribution is 7.57. The van der Waals surface area contributed by atoms with Crippen LogP contribution in [0.15, 0.2) is 54.6 Å². The first-order valence-corrected chi connectivity index (χ1v) is 10.4. The van der Waals surface area contributed by atoms with Crippen molar-refractivity contribution in [3.05, 3.63) is 71.3 Å². The van der Waals surface area contributed by atoms with E-state index in [-0.39, 0.29) is 30.5 Å². The van der Waals surface area contributed by atoms with Gasteiger partial charge in [0.2, 0.25) is 7.37 Å². The molecule has 2 aromatic rings. The fourth-order valence-corrected chi connectivity index (χ4v) is 4.40. The summed E-state index contributed by atoms with van der Waals surface area (Å²) in [6, 6.07) is 15.4. The van der Waals surface area contributed by atoms with E-state index < -0.39 is 19.4 Å². The molecule has 0 aromatic heterocycles. The van der Waals surface area contributed by atoms with Gasteiger partial charge in [-0.2, -0.15) is 0 Å². The third-order valence-corrected chi connectivity index (χ3v) is 5.91. The molecule has 7 heteroatoms. The van der Waals surface area contributed by atoms with Crippen molar-refractivity contribution >= 4 is 13.3 Å².